The van der Waals surface area contributed by atoms with E-state index in [-0.39, 0.29) is 5.82 Å². The van der Waals surface area contributed by atoms with E-state index in [1.807, 2.05) is 19.1 Å². The summed E-state index contributed by atoms with van der Waals surface area (Å²) in [5.41, 5.74) is 2.23. The number of nitrogens with zero attached hydrogens (tertiary/aromatic N) is 1. The van der Waals surface area contributed by atoms with Crippen LogP contribution in [0, 0.1) is 12.7 Å². The van der Waals surface area contributed by atoms with E-state index in [4.69, 9.17) is 0 Å². The van der Waals surface area contributed by atoms with E-state index in [0.29, 0.717) is 6.04 Å². The maximum absolute atomic E-state index is 12.8. The first-order valence-corrected chi connectivity index (χ1v) is 6.90. The van der Waals surface area contributed by atoms with Gasteiger partial charge in [0.2, 0.25) is 0 Å². The fourth-order valence-electron chi connectivity index (χ4n) is 1.81. The van der Waals surface area contributed by atoms with Crippen LogP contribution in [0.1, 0.15) is 23.2 Å². The Bertz CT molecular complexity index is 493. The van der Waals surface area contributed by atoms with Gasteiger partial charge in [-0.3, -0.25) is 0 Å². The molecular formula is C14H17FN2S. The Morgan fingerprint density at radius 3 is 2.67 bits per heavy atom. The number of halogens is 1. The number of aryl methyl sites for hydroxylation is 1. The van der Waals surface area contributed by atoms with Crippen molar-refractivity contribution < 1.29 is 4.39 Å². The highest BCUT2D eigenvalue weighted by molar-refractivity contribution is 7.09. The van der Waals surface area contributed by atoms with Crippen LogP contribution in [0.15, 0.2) is 29.6 Å². The minimum Gasteiger partial charge on any atom is -0.308 e. The van der Waals surface area contributed by atoms with Crippen molar-refractivity contribution >= 4 is 11.3 Å². The first-order valence-electron chi connectivity index (χ1n) is 6.02. The van der Waals surface area contributed by atoms with Gasteiger partial charge in [-0.2, -0.15) is 0 Å². The van der Waals surface area contributed by atoms with E-state index >= 15 is 0 Å². The highest BCUT2D eigenvalue weighted by Crippen LogP contribution is 2.09. The molecular weight excluding hydrogens is 247 g/mol. The topological polar surface area (TPSA) is 24.9 Å². The van der Waals surface area contributed by atoms with E-state index in [1.165, 1.54) is 12.1 Å². The number of hydrogen-bond acceptors (Lipinski definition) is 3. The summed E-state index contributed by atoms with van der Waals surface area (Å²) >= 11 is 1.67. The van der Waals surface area contributed by atoms with Crippen LogP contribution < -0.4 is 5.32 Å². The number of aromatic nitrogens is 1. The van der Waals surface area contributed by atoms with Crippen molar-refractivity contribution in [3.05, 3.63) is 51.7 Å². The van der Waals surface area contributed by atoms with E-state index in [0.717, 1.165) is 29.2 Å². The smallest absolute Gasteiger partial charge is 0.123 e. The Hall–Kier alpha value is -1.26. The highest BCUT2D eigenvalue weighted by Gasteiger charge is 2.05. The SMILES string of the molecule is Cc1nc(CNC(C)Cc2ccc(F)cc2)cs1. The standard InChI is InChI=1S/C14H17FN2S/c1-10(7-12-3-5-13(15)6-4-12)16-8-14-9-18-11(2)17-14/h3-6,9-10,16H,7-8H2,1-2H3. The molecule has 0 aliphatic carbocycles. The van der Waals surface area contributed by atoms with Gasteiger partial charge in [-0.1, -0.05) is 12.1 Å². The summed E-state index contributed by atoms with van der Waals surface area (Å²) in [5.74, 6) is -0.183. The number of thiazole rings is 1. The average Bonchev–Trinajstić information content (AvgIpc) is 2.76. The second-order valence-corrected chi connectivity index (χ2v) is 5.53. The summed E-state index contributed by atoms with van der Waals surface area (Å²) in [4.78, 5) is 4.41. The molecule has 0 aliphatic rings. The quantitative estimate of drug-likeness (QED) is 0.896. The van der Waals surface area contributed by atoms with Crippen LogP contribution >= 0.6 is 11.3 Å². The molecule has 0 bridgehead atoms. The van der Waals surface area contributed by atoms with Crippen LogP contribution in [0.25, 0.3) is 0 Å². The van der Waals surface area contributed by atoms with Gasteiger partial charge in [-0.15, -0.1) is 11.3 Å². The van der Waals surface area contributed by atoms with Crippen LogP contribution in [0.2, 0.25) is 0 Å². The molecule has 1 N–H and O–H groups in total. The average molecular weight is 264 g/mol. The first kappa shape index (κ1) is 13.2. The lowest BCUT2D eigenvalue weighted by molar-refractivity contribution is 0.540. The fraction of sp³-hybridized carbons (Fsp3) is 0.357. The summed E-state index contributed by atoms with van der Waals surface area (Å²) in [5, 5.41) is 6.60. The van der Waals surface area contributed by atoms with Gasteiger partial charge in [0.1, 0.15) is 5.82 Å². The van der Waals surface area contributed by atoms with Crippen molar-refractivity contribution in [2.45, 2.75) is 32.9 Å². The van der Waals surface area contributed by atoms with Crippen LogP contribution in [-0.4, -0.2) is 11.0 Å². The van der Waals surface area contributed by atoms with Crippen molar-refractivity contribution in [1.82, 2.24) is 10.3 Å². The van der Waals surface area contributed by atoms with Crippen LogP contribution in [0.4, 0.5) is 4.39 Å². The Morgan fingerprint density at radius 2 is 2.06 bits per heavy atom. The number of hydrogen-bond donors (Lipinski definition) is 1. The molecule has 1 aromatic carbocycles. The third kappa shape index (κ3) is 3.89. The lowest BCUT2D eigenvalue weighted by Crippen LogP contribution is -2.27. The van der Waals surface area contributed by atoms with E-state index in [9.17, 15) is 4.39 Å². The number of benzene rings is 1. The van der Waals surface area contributed by atoms with E-state index in [2.05, 4.69) is 22.6 Å². The maximum atomic E-state index is 12.8. The molecule has 0 aliphatic heterocycles. The molecule has 0 saturated carbocycles. The molecule has 0 amide bonds. The molecule has 18 heavy (non-hydrogen) atoms. The maximum Gasteiger partial charge on any atom is 0.123 e. The van der Waals surface area contributed by atoms with Crippen molar-refractivity contribution in [1.29, 1.82) is 0 Å². The van der Waals surface area contributed by atoms with Crippen molar-refractivity contribution in [3.8, 4) is 0 Å². The lowest BCUT2D eigenvalue weighted by atomic mass is 10.1. The highest BCUT2D eigenvalue weighted by atomic mass is 32.1. The zero-order valence-corrected chi connectivity index (χ0v) is 11.4. The van der Waals surface area contributed by atoms with Crippen molar-refractivity contribution in [2.75, 3.05) is 0 Å². The zero-order valence-electron chi connectivity index (χ0n) is 10.6. The number of nitrogens with one attached hydrogen (secondary N) is 1. The van der Waals surface area contributed by atoms with E-state index in [1.54, 1.807) is 11.3 Å². The van der Waals surface area contributed by atoms with Crippen LogP contribution in [0.3, 0.4) is 0 Å². The van der Waals surface area contributed by atoms with Gasteiger partial charge < -0.3 is 5.32 Å². The summed E-state index contributed by atoms with van der Waals surface area (Å²) in [7, 11) is 0. The normalized spacial score (nSPS) is 12.6. The van der Waals surface area contributed by atoms with Gasteiger partial charge in [0.25, 0.3) is 0 Å². The third-order valence-corrected chi connectivity index (χ3v) is 3.58. The van der Waals surface area contributed by atoms with Crippen LogP contribution in [0.5, 0.6) is 0 Å². The monoisotopic (exact) mass is 264 g/mol. The molecule has 2 rings (SSSR count). The Morgan fingerprint density at radius 1 is 1.33 bits per heavy atom. The lowest BCUT2D eigenvalue weighted by Gasteiger charge is -2.12. The van der Waals surface area contributed by atoms with Gasteiger partial charge in [0, 0.05) is 18.0 Å². The fourth-order valence-corrected chi connectivity index (χ4v) is 2.43. The van der Waals surface area contributed by atoms with Gasteiger partial charge in [-0.25, -0.2) is 9.37 Å². The molecule has 1 aromatic heterocycles. The molecule has 1 unspecified atom stereocenters. The summed E-state index contributed by atoms with van der Waals surface area (Å²) in [6.45, 7) is 4.92. The summed E-state index contributed by atoms with van der Waals surface area (Å²) < 4.78 is 12.8. The molecule has 0 spiro atoms. The summed E-state index contributed by atoms with van der Waals surface area (Å²) in [6, 6.07) is 7.02. The van der Waals surface area contributed by atoms with Gasteiger partial charge >= 0.3 is 0 Å². The zero-order chi connectivity index (χ0) is 13.0. The Balaban J connectivity index is 1.81. The van der Waals surface area contributed by atoms with Gasteiger partial charge in [-0.05, 0) is 38.0 Å². The first-order chi connectivity index (χ1) is 8.63. The molecule has 4 heteroatoms. The van der Waals surface area contributed by atoms with E-state index < -0.39 is 0 Å². The molecule has 1 heterocycles. The van der Waals surface area contributed by atoms with Gasteiger partial charge in [0.15, 0.2) is 0 Å². The van der Waals surface area contributed by atoms with Crippen LogP contribution in [-0.2, 0) is 13.0 Å². The molecule has 1 atom stereocenters. The number of rotatable bonds is 5. The predicted octanol–water partition coefficient (Wildman–Crippen LogP) is 3.31. The molecule has 2 aromatic rings. The van der Waals surface area contributed by atoms with Crippen molar-refractivity contribution in [3.63, 3.8) is 0 Å². The van der Waals surface area contributed by atoms with Gasteiger partial charge in [0.05, 0.1) is 10.7 Å². The molecule has 96 valence electrons. The third-order valence-electron chi connectivity index (χ3n) is 2.75. The predicted molar refractivity (Wildman–Crippen MR) is 73.3 cm³/mol. The minimum atomic E-state index is -0.183. The Labute approximate surface area is 111 Å². The molecule has 0 saturated heterocycles. The van der Waals surface area contributed by atoms with Crippen molar-refractivity contribution in [2.24, 2.45) is 0 Å². The largest absolute Gasteiger partial charge is 0.308 e. The summed E-state index contributed by atoms with van der Waals surface area (Å²) in [6.07, 6.45) is 0.892. The second kappa shape index (κ2) is 6.07. The molecule has 2 nitrogen and oxygen atoms in total. The molecule has 0 fully saturated rings. The second-order valence-electron chi connectivity index (χ2n) is 4.47. The molecule has 0 radical (unpaired) electrons. The Kier molecular flexibility index (Phi) is 4.44. The minimum absolute atomic E-state index is 0.183.